The third-order valence-electron chi connectivity index (χ3n) is 3.60. The summed E-state index contributed by atoms with van der Waals surface area (Å²) >= 11 is 0. The highest BCUT2D eigenvalue weighted by Gasteiger charge is 2.14. The van der Waals surface area contributed by atoms with E-state index in [1.54, 1.807) is 4.68 Å². The van der Waals surface area contributed by atoms with Crippen molar-refractivity contribution in [3.05, 3.63) is 41.2 Å². The van der Waals surface area contributed by atoms with Gasteiger partial charge in [0, 0.05) is 12.2 Å². The van der Waals surface area contributed by atoms with Crippen molar-refractivity contribution in [2.45, 2.75) is 46.2 Å². The minimum atomic E-state index is -0.139. The number of carbonyl (C=O) groups excluding carboxylic acids is 1. The van der Waals surface area contributed by atoms with E-state index in [0.29, 0.717) is 12.2 Å². The zero-order valence-corrected chi connectivity index (χ0v) is 13.6. The molecule has 0 aliphatic heterocycles. The largest absolute Gasteiger partial charge is 0.325 e. The summed E-state index contributed by atoms with van der Waals surface area (Å²) in [6, 6.07) is 7.89. The van der Waals surface area contributed by atoms with Crippen LogP contribution in [0.4, 0.5) is 5.69 Å². The number of benzene rings is 1. The molecule has 1 aromatic carbocycles. The third kappa shape index (κ3) is 3.71. The molecule has 0 aliphatic rings. The van der Waals surface area contributed by atoms with Crippen molar-refractivity contribution in [2.75, 3.05) is 5.32 Å². The molecule has 1 heterocycles. The van der Waals surface area contributed by atoms with Gasteiger partial charge in [0.1, 0.15) is 6.54 Å². The van der Waals surface area contributed by atoms with Gasteiger partial charge in [0.05, 0.1) is 11.4 Å². The summed E-state index contributed by atoms with van der Waals surface area (Å²) in [6.07, 6.45) is 0. The van der Waals surface area contributed by atoms with Crippen LogP contribution in [0.1, 0.15) is 37.7 Å². The van der Waals surface area contributed by atoms with Gasteiger partial charge in [-0.2, -0.15) is 0 Å². The lowest BCUT2D eigenvalue weighted by Gasteiger charge is -2.19. The smallest absolute Gasteiger partial charge is 0.246 e. The van der Waals surface area contributed by atoms with Crippen molar-refractivity contribution in [3.8, 4) is 0 Å². The first-order valence-electron chi connectivity index (χ1n) is 7.30. The van der Waals surface area contributed by atoms with Crippen LogP contribution < -0.4 is 11.1 Å². The molecule has 1 aromatic heterocycles. The standard InChI is InChI=1S/C16H23N5O/c1-11-14(9-17)19-20-21(11)10-15(22)18-13-7-5-12(6-8-13)16(2,3)4/h5-8H,9-10,17H2,1-4H3,(H,18,22). The SMILES string of the molecule is Cc1c(CN)nnn1CC(=O)Nc1ccc(C(C)(C)C)cc1. The minimum Gasteiger partial charge on any atom is -0.325 e. The van der Waals surface area contributed by atoms with Crippen molar-refractivity contribution in [3.63, 3.8) is 0 Å². The molecule has 0 atom stereocenters. The molecule has 0 bridgehead atoms. The van der Waals surface area contributed by atoms with Gasteiger partial charge < -0.3 is 11.1 Å². The molecule has 0 radical (unpaired) electrons. The fraction of sp³-hybridized carbons (Fsp3) is 0.438. The van der Waals surface area contributed by atoms with Crippen molar-refractivity contribution in [1.29, 1.82) is 0 Å². The highest BCUT2D eigenvalue weighted by atomic mass is 16.2. The number of rotatable bonds is 4. The molecule has 3 N–H and O–H groups in total. The molecular weight excluding hydrogens is 278 g/mol. The molecule has 0 saturated heterocycles. The Balaban J connectivity index is 2.01. The number of amides is 1. The molecule has 22 heavy (non-hydrogen) atoms. The Labute approximate surface area is 130 Å². The summed E-state index contributed by atoms with van der Waals surface area (Å²) in [6.45, 7) is 8.77. The lowest BCUT2D eigenvalue weighted by molar-refractivity contribution is -0.117. The van der Waals surface area contributed by atoms with Crippen LogP contribution in [0.2, 0.25) is 0 Å². The molecule has 0 saturated carbocycles. The Morgan fingerprint density at radius 1 is 1.27 bits per heavy atom. The molecular formula is C16H23N5O. The highest BCUT2D eigenvalue weighted by Crippen LogP contribution is 2.23. The molecule has 6 heteroatoms. The van der Waals surface area contributed by atoms with E-state index in [2.05, 4.69) is 36.4 Å². The maximum absolute atomic E-state index is 12.1. The number of anilines is 1. The molecule has 2 rings (SSSR count). The highest BCUT2D eigenvalue weighted by molar-refractivity contribution is 5.90. The monoisotopic (exact) mass is 301 g/mol. The van der Waals surface area contributed by atoms with Crippen LogP contribution in [0.15, 0.2) is 24.3 Å². The summed E-state index contributed by atoms with van der Waals surface area (Å²) in [5, 5.41) is 10.7. The number of nitrogens with one attached hydrogen (secondary N) is 1. The van der Waals surface area contributed by atoms with Gasteiger partial charge in [-0.1, -0.05) is 38.1 Å². The summed E-state index contributed by atoms with van der Waals surface area (Å²) in [4.78, 5) is 12.1. The maximum Gasteiger partial charge on any atom is 0.246 e. The Morgan fingerprint density at radius 2 is 1.91 bits per heavy atom. The topological polar surface area (TPSA) is 85.8 Å². The van der Waals surface area contributed by atoms with Crippen LogP contribution in [-0.2, 0) is 23.3 Å². The van der Waals surface area contributed by atoms with Crippen molar-refractivity contribution >= 4 is 11.6 Å². The molecule has 1 amide bonds. The van der Waals surface area contributed by atoms with Gasteiger partial charge in [0.25, 0.3) is 0 Å². The second-order valence-corrected chi connectivity index (χ2v) is 6.36. The number of nitrogens with zero attached hydrogens (tertiary/aromatic N) is 3. The van der Waals surface area contributed by atoms with Gasteiger partial charge in [-0.15, -0.1) is 5.10 Å². The zero-order chi connectivity index (χ0) is 16.3. The molecule has 0 unspecified atom stereocenters. The second kappa shape index (κ2) is 6.27. The Kier molecular flexibility index (Phi) is 4.61. The summed E-state index contributed by atoms with van der Waals surface area (Å²) in [5.41, 5.74) is 9.18. The van der Waals surface area contributed by atoms with E-state index in [-0.39, 0.29) is 17.9 Å². The molecule has 118 valence electrons. The summed E-state index contributed by atoms with van der Waals surface area (Å²) in [5.74, 6) is -0.139. The van der Waals surface area contributed by atoms with Crippen LogP contribution >= 0.6 is 0 Å². The minimum absolute atomic E-state index is 0.0962. The third-order valence-corrected chi connectivity index (χ3v) is 3.60. The Bertz CT molecular complexity index is 652. The number of aromatic nitrogens is 3. The number of nitrogens with two attached hydrogens (primary N) is 1. The van der Waals surface area contributed by atoms with Crippen LogP contribution in [0.25, 0.3) is 0 Å². The Hall–Kier alpha value is -2.21. The zero-order valence-electron chi connectivity index (χ0n) is 13.6. The number of hydrogen-bond acceptors (Lipinski definition) is 4. The quantitative estimate of drug-likeness (QED) is 0.904. The average molecular weight is 301 g/mol. The van der Waals surface area contributed by atoms with E-state index in [0.717, 1.165) is 11.4 Å². The van der Waals surface area contributed by atoms with Crippen LogP contribution in [0, 0.1) is 6.92 Å². The van der Waals surface area contributed by atoms with E-state index in [4.69, 9.17) is 5.73 Å². The van der Waals surface area contributed by atoms with E-state index in [1.807, 2.05) is 31.2 Å². The van der Waals surface area contributed by atoms with Gasteiger partial charge in [0.15, 0.2) is 0 Å². The maximum atomic E-state index is 12.1. The summed E-state index contributed by atoms with van der Waals surface area (Å²) < 4.78 is 1.56. The molecule has 0 aliphatic carbocycles. The van der Waals surface area contributed by atoms with E-state index >= 15 is 0 Å². The van der Waals surface area contributed by atoms with Gasteiger partial charge in [-0.25, -0.2) is 4.68 Å². The van der Waals surface area contributed by atoms with Gasteiger partial charge in [0.2, 0.25) is 5.91 Å². The predicted octanol–water partition coefficient (Wildman–Crippen LogP) is 1.98. The first-order chi connectivity index (χ1) is 10.3. The van der Waals surface area contributed by atoms with Crippen molar-refractivity contribution in [1.82, 2.24) is 15.0 Å². The van der Waals surface area contributed by atoms with Crippen LogP contribution in [0.5, 0.6) is 0 Å². The second-order valence-electron chi connectivity index (χ2n) is 6.36. The van der Waals surface area contributed by atoms with Gasteiger partial charge in [-0.3, -0.25) is 4.79 Å². The molecule has 2 aromatic rings. The lowest BCUT2D eigenvalue weighted by atomic mass is 9.87. The molecule has 6 nitrogen and oxygen atoms in total. The van der Waals surface area contributed by atoms with Gasteiger partial charge in [-0.05, 0) is 30.0 Å². The van der Waals surface area contributed by atoms with E-state index in [9.17, 15) is 4.79 Å². The van der Waals surface area contributed by atoms with Gasteiger partial charge >= 0.3 is 0 Å². The summed E-state index contributed by atoms with van der Waals surface area (Å²) in [7, 11) is 0. The van der Waals surface area contributed by atoms with Crippen molar-refractivity contribution in [2.24, 2.45) is 5.73 Å². The first kappa shape index (κ1) is 16.2. The van der Waals surface area contributed by atoms with Crippen LogP contribution in [-0.4, -0.2) is 20.9 Å². The van der Waals surface area contributed by atoms with E-state index < -0.39 is 0 Å². The molecule has 0 spiro atoms. The molecule has 0 fully saturated rings. The lowest BCUT2D eigenvalue weighted by Crippen LogP contribution is -2.20. The fourth-order valence-electron chi connectivity index (χ4n) is 2.13. The van der Waals surface area contributed by atoms with Crippen LogP contribution in [0.3, 0.4) is 0 Å². The first-order valence-corrected chi connectivity index (χ1v) is 7.30. The fourth-order valence-corrected chi connectivity index (χ4v) is 2.13. The van der Waals surface area contributed by atoms with E-state index in [1.165, 1.54) is 5.56 Å². The van der Waals surface area contributed by atoms with Crippen molar-refractivity contribution < 1.29 is 4.79 Å². The Morgan fingerprint density at radius 3 is 2.41 bits per heavy atom. The number of hydrogen-bond donors (Lipinski definition) is 2. The normalized spacial score (nSPS) is 11.5. The number of carbonyl (C=O) groups is 1. The average Bonchev–Trinajstić information content (AvgIpc) is 2.79. The predicted molar refractivity (Wildman–Crippen MR) is 86.4 cm³/mol.